The Balaban J connectivity index is 1.29. The number of piperidine rings is 1. The van der Waals surface area contributed by atoms with Crippen molar-refractivity contribution in [3.63, 3.8) is 0 Å². The molecule has 6 rings (SSSR count). The molecule has 9 nitrogen and oxygen atoms in total. The molecule has 2 aliphatic rings. The average molecular weight is 493 g/mol. The Kier molecular flexibility index (Phi) is 4.93. The van der Waals surface area contributed by atoms with Crippen molar-refractivity contribution in [2.75, 3.05) is 5.73 Å². The van der Waals surface area contributed by atoms with Gasteiger partial charge in [-0.15, -0.1) is 11.3 Å². The van der Waals surface area contributed by atoms with E-state index in [0.717, 1.165) is 41.6 Å². The number of nitrogen functional groups attached to an aromatic ring is 1. The number of nitrogens with zero attached hydrogens (tertiary/aromatic N) is 3. The summed E-state index contributed by atoms with van der Waals surface area (Å²) in [5.41, 5.74) is 8.60. The second-order valence-corrected chi connectivity index (χ2v) is 11.5. The monoisotopic (exact) mass is 492 g/mol. The molecule has 2 atom stereocenters. The summed E-state index contributed by atoms with van der Waals surface area (Å²) in [5.74, 6) is 0.661. The highest BCUT2D eigenvalue weighted by Gasteiger charge is 2.45. The van der Waals surface area contributed by atoms with E-state index >= 15 is 0 Å². The minimum absolute atomic E-state index is 0.166. The molecule has 4 aromatic rings. The number of nitrogens with one attached hydrogen (secondary N) is 2. The van der Waals surface area contributed by atoms with E-state index in [0.29, 0.717) is 28.2 Å². The standard InChI is InChI=1S/C25H28N6O3S/c1-25(2,3)34-24(33)31-13-4-5-14(31)11-12(10-13)16-6-7-17-20(27-16)29-21(28-17)18-19(26)15-8-9-35-23(15)30-22(18)32/h6-9,12-14H,4-5,10-11H2,1-3H3,(H3,26,30,32)(H,27,28,29). The van der Waals surface area contributed by atoms with Gasteiger partial charge < -0.3 is 25.3 Å². The zero-order valence-electron chi connectivity index (χ0n) is 19.9. The summed E-state index contributed by atoms with van der Waals surface area (Å²) in [4.78, 5) is 43.8. The molecule has 10 heteroatoms. The minimum atomic E-state index is -0.503. The third kappa shape index (κ3) is 3.76. The number of hydrogen-bond acceptors (Lipinski definition) is 7. The molecule has 2 saturated heterocycles. The Bertz CT molecular complexity index is 1500. The molecule has 2 fully saturated rings. The average Bonchev–Trinajstić information content (AvgIpc) is 3.48. The van der Waals surface area contributed by atoms with E-state index in [-0.39, 0.29) is 29.7 Å². The van der Waals surface area contributed by atoms with Crippen LogP contribution in [-0.2, 0) is 4.74 Å². The van der Waals surface area contributed by atoms with Crippen LogP contribution in [0.15, 0.2) is 28.4 Å². The molecule has 4 N–H and O–H groups in total. The van der Waals surface area contributed by atoms with Crippen molar-refractivity contribution in [3.05, 3.63) is 39.6 Å². The van der Waals surface area contributed by atoms with Crippen LogP contribution in [0.3, 0.4) is 0 Å². The third-order valence-electron chi connectivity index (χ3n) is 7.04. The largest absolute Gasteiger partial charge is 0.444 e. The van der Waals surface area contributed by atoms with Gasteiger partial charge in [0.05, 0.1) is 5.69 Å². The molecule has 4 aromatic heterocycles. The second kappa shape index (κ2) is 7.81. The fraction of sp³-hybridized carbons (Fsp3) is 0.440. The van der Waals surface area contributed by atoms with Crippen molar-refractivity contribution in [2.24, 2.45) is 0 Å². The lowest BCUT2D eigenvalue weighted by molar-refractivity contribution is 0.00571. The predicted octanol–water partition coefficient (Wildman–Crippen LogP) is 4.76. The van der Waals surface area contributed by atoms with Crippen LogP contribution in [-0.4, -0.2) is 48.6 Å². The number of fused-ring (bicyclic) bond motifs is 4. The van der Waals surface area contributed by atoms with E-state index in [1.807, 2.05) is 49.3 Å². The highest BCUT2D eigenvalue weighted by atomic mass is 32.1. The number of thiophene rings is 1. The molecule has 2 bridgehead atoms. The summed E-state index contributed by atoms with van der Waals surface area (Å²) in [6.45, 7) is 5.70. The number of hydrogen-bond donors (Lipinski definition) is 3. The number of carbonyl (C=O) groups excluding carboxylic acids is 1. The SMILES string of the molecule is CC(C)(C)OC(=O)N1C2CCC1CC(c1ccc3nc(-c4c(N)c5ccsc5[nH]c4=O)[nH]c3n1)C2. The normalized spacial score (nSPS) is 22.3. The molecule has 0 radical (unpaired) electrons. The van der Waals surface area contributed by atoms with Crippen LogP contribution in [0.25, 0.3) is 32.8 Å². The first-order chi connectivity index (χ1) is 16.7. The molecule has 182 valence electrons. The first-order valence-corrected chi connectivity index (χ1v) is 12.8. The number of anilines is 1. The molecule has 6 heterocycles. The molecule has 2 aliphatic heterocycles. The molecule has 0 spiro atoms. The lowest BCUT2D eigenvalue weighted by Gasteiger charge is -2.39. The molecular weight excluding hydrogens is 464 g/mol. The number of imidazole rings is 1. The van der Waals surface area contributed by atoms with E-state index in [2.05, 4.69) is 15.0 Å². The second-order valence-electron chi connectivity index (χ2n) is 10.5. The van der Waals surface area contributed by atoms with Gasteiger partial charge in [0.25, 0.3) is 5.56 Å². The molecule has 35 heavy (non-hydrogen) atoms. The maximum atomic E-state index is 12.8. The Morgan fingerprint density at radius 2 is 1.89 bits per heavy atom. The van der Waals surface area contributed by atoms with Gasteiger partial charge >= 0.3 is 6.09 Å². The quantitative estimate of drug-likeness (QED) is 0.370. The van der Waals surface area contributed by atoms with E-state index in [9.17, 15) is 9.59 Å². The lowest BCUT2D eigenvalue weighted by Crippen LogP contribution is -2.48. The van der Waals surface area contributed by atoms with Crippen molar-refractivity contribution in [2.45, 2.75) is 70.1 Å². The summed E-state index contributed by atoms with van der Waals surface area (Å²) in [5, 5.41) is 2.71. The summed E-state index contributed by atoms with van der Waals surface area (Å²) in [7, 11) is 0. The number of carbonyl (C=O) groups is 1. The highest BCUT2D eigenvalue weighted by molar-refractivity contribution is 7.16. The molecular formula is C25H28N6O3S. The summed E-state index contributed by atoms with van der Waals surface area (Å²) >= 11 is 1.44. The van der Waals surface area contributed by atoms with E-state index < -0.39 is 5.60 Å². The lowest BCUT2D eigenvalue weighted by atomic mass is 9.88. The minimum Gasteiger partial charge on any atom is -0.444 e. The van der Waals surface area contributed by atoms with Crippen molar-refractivity contribution >= 4 is 44.5 Å². The van der Waals surface area contributed by atoms with Gasteiger partial charge in [0.15, 0.2) is 5.65 Å². The molecule has 0 aromatic carbocycles. The number of pyridine rings is 2. The van der Waals surface area contributed by atoms with Crippen LogP contribution < -0.4 is 11.3 Å². The zero-order valence-corrected chi connectivity index (χ0v) is 20.7. The fourth-order valence-corrected chi connectivity index (χ4v) is 6.36. The van der Waals surface area contributed by atoms with Crippen LogP contribution in [0.2, 0.25) is 0 Å². The van der Waals surface area contributed by atoms with Crippen LogP contribution in [0, 0.1) is 0 Å². The van der Waals surface area contributed by atoms with Gasteiger partial charge in [-0.3, -0.25) is 4.79 Å². The number of H-pyrrole nitrogens is 2. The predicted molar refractivity (Wildman–Crippen MR) is 137 cm³/mol. The Morgan fingerprint density at radius 3 is 2.60 bits per heavy atom. The Morgan fingerprint density at radius 1 is 1.14 bits per heavy atom. The van der Waals surface area contributed by atoms with Crippen LogP contribution in [0.4, 0.5) is 10.5 Å². The maximum Gasteiger partial charge on any atom is 0.410 e. The maximum absolute atomic E-state index is 12.8. The van der Waals surface area contributed by atoms with E-state index in [4.69, 9.17) is 15.5 Å². The number of amides is 1. The van der Waals surface area contributed by atoms with Gasteiger partial charge in [-0.1, -0.05) is 0 Å². The molecule has 2 unspecified atom stereocenters. The number of ether oxygens (including phenoxy) is 1. The number of aromatic amines is 2. The van der Waals surface area contributed by atoms with Gasteiger partial charge in [-0.25, -0.2) is 14.8 Å². The van der Waals surface area contributed by atoms with Gasteiger partial charge in [0.1, 0.15) is 27.3 Å². The van der Waals surface area contributed by atoms with E-state index in [1.165, 1.54) is 11.3 Å². The van der Waals surface area contributed by atoms with Gasteiger partial charge in [-0.2, -0.15) is 0 Å². The first kappa shape index (κ1) is 22.1. The highest BCUT2D eigenvalue weighted by Crippen LogP contribution is 2.43. The van der Waals surface area contributed by atoms with Crippen LogP contribution in [0.5, 0.6) is 0 Å². The van der Waals surface area contributed by atoms with Crippen LogP contribution >= 0.6 is 11.3 Å². The van der Waals surface area contributed by atoms with Crippen molar-refractivity contribution < 1.29 is 9.53 Å². The molecule has 0 saturated carbocycles. The van der Waals surface area contributed by atoms with Crippen molar-refractivity contribution in [3.8, 4) is 11.4 Å². The summed E-state index contributed by atoms with van der Waals surface area (Å²) in [6, 6.07) is 6.17. The topological polar surface area (TPSA) is 130 Å². The molecule has 1 amide bonds. The zero-order chi connectivity index (χ0) is 24.5. The first-order valence-electron chi connectivity index (χ1n) is 12.0. The molecule has 0 aliphatic carbocycles. The van der Waals surface area contributed by atoms with Gasteiger partial charge in [0.2, 0.25) is 0 Å². The number of rotatable bonds is 2. The smallest absolute Gasteiger partial charge is 0.410 e. The Labute approximate surface area is 205 Å². The van der Waals surface area contributed by atoms with E-state index in [1.54, 1.807) is 0 Å². The third-order valence-corrected chi connectivity index (χ3v) is 7.87. The van der Waals surface area contributed by atoms with Crippen LogP contribution in [0.1, 0.15) is 58.1 Å². The number of nitrogens with two attached hydrogens (primary N) is 1. The summed E-state index contributed by atoms with van der Waals surface area (Å²) < 4.78 is 5.66. The van der Waals surface area contributed by atoms with Crippen molar-refractivity contribution in [1.82, 2.24) is 24.8 Å². The Hall–Kier alpha value is -3.40. The van der Waals surface area contributed by atoms with Crippen molar-refractivity contribution in [1.29, 1.82) is 0 Å². The fourth-order valence-electron chi connectivity index (χ4n) is 5.56. The summed E-state index contributed by atoms with van der Waals surface area (Å²) in [6.07, 6.45) is 3.48. The van der Waals surface area contributed by atoms with Gasteiger partial charge in [-0.05, 0) is 70.0 Å². The van der Waals surface area contributed by atoms with Gasteiger partial charge in [0, 0.05) is 29.1 Å². The number of aromatic nitrogens is 4.